The van der Waals surface area contributed by atoms with Crippen LogP contribution in [0.1, 0.15) is 5.56 Å². The van der Waals surface area contributed by atoms with Crippen molar-refractivity contribution < 1.29 is 4.79 Å². The third kappa shape index (κ3) is 2.83. The van der Waals surface area contributed by atoms with Gasteiger partial charge in [0.1, 0.15) is 6.29 Å². The van der Waals surface area contributed by atoms with Crippen LogP contribution in [0.5, 0.6) is 0 Å². The molecule has 84 valence electrons. The highest BCUT2D eigenvalue weighted by Gasteiger charge is 2.01. The van der Waals surface area contributed by atoms with Crippen molar-refractivity contribution in [3.05, 3.63) is 65.2 Å². The van der Waals surface area contributed by atoms with Crippen LogP contribution in [0.3, 0.4) is 0 Å². The lowest BCUT2D eigenvalue weighted by Gasteiger charge is -2.06. The van der Waals surface area contributed by atoms with Gasteiger partial charge in [-0.15, -0.1) is 0 Å². The summed E-state index contributed by atoms with van der Waals surface area (Å²) in [5.41, 5.74) is 3.18. The van der Waals surface area contributed by atoms with Crippen molar-refractivity contribution in [2.75, 3.05) is 0 Å². The van der Waals surface area contributed by atoms with Crippen molar-refractivity contribution in [2.24, 2.45) is 0 Å². The summed E-state index contributed by atoms with van der Waals surface area (Å²) in [5, 5.41) is 0.717. The summed E-state index contributed by atoms with van der Waals surface area (Å²) in [6.07, 6.45) is 4.07. The first-order valence-electron chi connectivity index (χ1n) is 5.28. The molecule has 0 spiro atoms. The van der Waals surface area contributed by atoms with E-state index in [2.05, 4.69) is 0 Å². The Morgan fingerprint density at radius 2 is 1.65 bits per heavy atom. The minimum Gasteiger partial charge on any atom is -0.299 e. The summed E-state index contributed by atoms with van der Waals surface area (Å²) in [6.45, 7) is 0. The topological polar surface area (TPSA) is 17.1 Å². The van der Waals surface area contributed by atoms with Crippen LogP contribution in [0.4, 0.5) is 0 Å². The summed E-state index contributed by atoms with van der Waals surface area (Å²) in [4.78, 5) is 10.4. The second-order valence-electron chi connectivity index (χ2n) is 3.59. The highest BCUT2D eigenvalue weighted by Crippen LogP contribution is 2.25. The van der Waals surface area contributed by atoms with Crippen LogP contribution in [0.25, 0.3) is 17.2 Å². The fraction of sp³-hybridized carbons (Fsp3) is 0. The van der Waals surface area contributed by atoms with E-state index in [-0.39, 0.29) is 0 Å². The Morgan fingerprint density at radius 3 is 2.35 bits per heavy atom. The first-order chi connectivity index (χ1) is 8.31. The van der Waals surface area contributed by atoms with E-state index in [1.54, 1.807) is 6.08 Å². The fourth-order valence-electron chi connectivity index (χ4n) is 1.68. The molecule has 0 bridgehead atoms. The number of carbonyl (C=O) groups excluding carboxylic acids is 1. The molecule has 0 fully saturated rings. The molecule has 1 nitrogen and oxygen atoms in total. The highest BCUT2D eigenvalue weighted by molar-refractivity contribution is 6.30. The van der Waals surface area contributed by atoms with Crippen LogP contribution in [-0.2, 0) is 4.79 Å². The minimum absolute atomic E-state index is 0.717. The van der Waals surface area contributed by atoms with Gasteiger partial charge in [0.25, 0.3) is 0 Å². The Morgan fingerprint density at radius 1 is 0.941 bits per heavy atom. The van der Waals surface area contributed by atoms with Gasteiger partial charge in [-0.05, 0) is 34.9 Å². The molecule has 0 aromatic heterocycles. The smallest absolute Gasteiger partial charge is 0.142 e. The summed E-state index contributed by atoms with van der Waals surface area (Å²) < 4.78 is 0. The van der Waals surface area contributed by atoms with Crippen LogP contribution < -0.4 is 0 Å². The zero-order chi connectivity index (χ0) is 12.1. The number of halogens is 1. The predicted octanol–water partition coefficient (Wildman–Crippen LogP) is 4.22. The SMILES string of the molecule is O=CC=Cc1ccccc1-c1ccc(Cl)cc1. The molecule has 0 amide bonds. The number of hydrogen-bond donors (Lipinski definition) is 0. The van der Waals surface area contributed by atoms with Crippen LogP contribution in [-0.4, -0.2) is 6.29 Å². The van der Waals surface area contributed by atoms with E-state index < -0.39 is 0 Å². The number of carbonyl (C=O) groups is 1. The van der Waals surface area contributed by atoms with Gasteiger partial charge < -0.3 is 0 Å². The van der Waals surface area contributed by atoms with Crippen molar-refractivity contribution >= 4 is 24.0 Å². The van der Waals surface area contributed by atoms with Crippen LogP contribution >= 0.6 is 11.6 Å². The van der Waals surface area contributed by atoms with Crippen molar-refractivity contribution in [1.82, 2.24) is 0 Å². The van der Waals surface area contributed by atoms with Gasteiger partial charge in [0, 0.05) is 5.02 Å². The average molecular weight is 243 g/mol. The van der Waals surface area contributed by atoms with Crippen LogP contribution in [0.15, 0.2) is 54.6 Å². The summed E-state index contributed by atoms with van der Waals surface area (Å²) >= 11 is 5.86. The molecular weight excluding hydrogens is 232 g/mol. The van der Waals surface area contributed by atoms with E-state index in [4.69, 9.17) is 11.6 Å². The molecule has 2 aromatic rings. The molecule has 0 radical (unpaired) electrons. The normalized spacial score (nSPS) is 10.6. The molecule has 0 aliphatic rings. The van der Waals surface area contributed by atoms with Gasteiger partial charge in [-0.2, -0.15) is 0 Å². The van der Waals surface area contributed by atoms with Gasteiger partial charge in [-0.1, -0.05) is 54.1 Å². The Kier molecular flexibility index (Phi) is 3.73. The molecular formula is C15H11ClO. The maximum atomic E-state index is 10.4. The Balaban J connectivity index is 2.47. The zero-order valence-corrected chi connectivity index (χ0v) is 9.89. The van der Waals surface area contributed by atoms with E-state index in [1.807, 2.05) is 48.5 Å². The number of aldehydes is 1. The molecule has 17 heavy (non-hydrogen) atoms. The van der Waals surface area contributed by atoms with E-state index in [0.717, 1.165) is 28.0 Å². The lowest BCUT2D eigenvalue weighted by molar-refractivity contribution is -0.104. The molecule has 0 saturated heterocycles. The number of allylic oxidation sites excluding steroid dienone is 1. The third-order valence-electron chi connectivity index (χ3n) is 2.47. The second kappa shape index (κ2) is 5.46. The number of rotatable bonds is 3. The van der Waals surface area contributed by atoms with Gasteiger partial charge in [-0.25, -0.2) is 0 Å². The average Bonchev–Trinajstić information content (AvgIpc) is 2.38. The molecule has 0 heterocycles. The van der Waals surface area contributed by atoms with Gasteiger partial charge in [-0.3, -0.25) is 4.79 Å². The van der Waals surface area contributed by atoms with Gasteiger partial charge in [0.05, 0.1) is 0 Å². The first-order valence-corrected chi connectivity index (χ1v) is 5.66. The fourth-order valence-corrected chi connectivity index (χ4v) is 1.80. The Hall–Kier alpha value is -1.86. The monoisotopic (exact) mass is 242 g/mol. The largest absolute Gasteiger partial charge is 0.299 e. The van der Waals surface area contributed by atoms with E-state index >= 15 is 0 Å². The standard InChI is InChI=1S/C15H11ClO/c16-14-9-7-13(8-10-14)15-6-2-1-4-12(15)5-3-11-17/h1-11H. The van der Waals surface area contributed by atoms with Gasteiger partial charge >= 0.3 is 0 Å². The summed E-state index contributed by atoms with van der Waals surface area (Å²) in [6, 6.07) is 15.6. The van der Waals surface area contributed by atoms with Crippen molar-refractivity contribution in [1.29, 1.82) is 0 Å². The molecule has 2 rings (SSSR count). The molecule has 2 heteroatoms. The van der Waals surface area contributed by atoms with Crippen LogP contribution in [0, 0.1) is 0 Å². The van der Waals surface area contributed by atoms with Gasteiger partial charge in [0.15, 0.2) is 0 Å². The summed E-state index contributed by atoms with van der Waals surface area (Å²) in [5.74, 6) is 0. The van der Waals surface area contributed by atoms with Crippen LogP contribution in [0.2, 0.25) is 5.02 Å². The van der Waals surface area contributed by atoms with E-state index in [0.29, 0.717) is 0 Å². The Labute approximate surface area is 105 Å². The molecule has 0 aliphatic carbocycles. The molecule has 0 unspecified atom stereocenters. The van der Waals surface area contributed by atoms with Gasteiger partial charge in [0.2, 0.25) is 0 Å². The molecule has 2 aromatic carbocycles. The predicted molar refractivity (Wildman–Crippen MR) is 72.0 cm³/mol. The lowest BCUT2D eigenvalue weighted by atomic mass is 9.99. The lowest BCUT2D eigenvalue weighted by Crippen LogP contribution is -1.82. The van der Waals surface area contributed by atoms with Crippen molar-refractivity contribution in [3.8, 4) is 11.1 Å². The van der Waals surface area contributed by atoms with Crippen molar-refractivity contribution in [2.45, 2.75) is 0 Å². The maximum Gasteiger partial charge on any atom is 0.142 e. The molecule has 0 atom stereocenters. The first kappa shape index (κ1) is 11.6. The van der Waals surface area contributed by atoms with Crippen molar-refractivity contribution in [3.63, 3.8) is 0 Å². The third-order valence-corrected chi connectivity index (χ3v) is 2.72. The zero-order valence-electron chi connectivity index (χ0n) is 9.14. The molecule has 0 saturated carbocycles. The number of benzene rings is 2. The molecule has 0 N–H and O–H groups in total. The minimum atomic E-state index is 0.717. The maximum absolute atomic E-state index is 10.4. The van der Waals surface area contributed by atoms with E-state index in [1.165, 1.54) is 6.08 Å². The second-order valence-corrected chi connectivity index (χ2v) is 4.03. The quantitative estimate of drug-likeness (QED) is 0.582. The highest BCUT2D eigenvalue weighted by atomic mass is 35.5. The summed E-state index contributed by atoms with van der Waals surface area (Å²) in [7, 11) is 0. The Bertz CT molecular complexity index is 541. The molecule has 0 aliphatic heterocycles. The number of hydrogen-bond acceptors (Lipinski definition) is 1. The van der Waals surface area contributed by atoms with E-state index in [9.17, 15) is 4.79 Å².